The van der Waals surface area contributed by atoms with Crippen molar-refractivity contribution in [3.8, 4) is 0 Å². The van der Waals surface area contributed by atoms with Crippen molar-refractivity contribution < 1.29 is 28.3 Å². The van der Waals surface area contributed by atoms with E-state index in [0.29, 0.717) is 0 Å². The minimum absolute atomic E-state index is 0.201. The zero-order chi connectivity index (χ0) is 9.64. The third-order valence-electron chi connectivity index (χ3n) is 1.10. The number of amides is 2. The number of guanidine groups is 1. The highest BCUT2D eigenvalue weighted by Crippen LogP contribution is 2.61. The lowest BCUT2D eigenvalue weighted by Crippen LogP contribution is -2.47. The summed E-state index contributed by atoms with van der Waals surface area (Å²) >= 11 is 0. The van der Waals surface area contributed by atoms with Gasteiger partial charge in [0.1, 0.15) is 0 Å². The van der Waals surface area contributed by atoms with Gasteiger partial charge in [0, 0.05) is 0 Å². The van der Waals surface area contributed by atoms with Gasteiger partial charge in [0.15, 0.2) is 0 Å². The highest BCUT2D eigenvalue weighted by Gasteiger charge is 2.55. The van der Waals surface area contributed by atoms with Crippen molar-refractivity contribution in [2.45, 2.75) is 0 Å². The summed E-state index contributed by atoms with van der Waals surface area (Å²) in [5, 5.41) is 7.27. The summed E-state index contributed by atoms with van der Waals surface area (Å²) in [5.74, 6) is -0.766. The average molecular weight is 210 g/mol. The predicted octanol–water partition coefficient (Wildman–Crippen LogP) is -0.534. The van der Waals surface area contributed by atoms with E-state index in [2.05, 4.69) is 18.9 Å². The van der Waals surface area contributed by atoms with Crippen LogP contribution in [0.5, 0.6) is 0 Å². The summed E-state index contributed by atoms with van der Waals surface area (Å²) in [7, 11) is -3.81. The minimum Gasteiger partial charge on any atom is -0.368 e. The van der Waals surface area contributed by atoms with Gasteiger partial charge in [-0.15, -0.1) is 9.25 Å². The number of phosphoric acid groups is 1. The van der Waals surface area contributed by atoms with E-state index in [1.54, 1.807) is 0 Å². The van der Waals surface area contributed by atoms with Gasteiger partial charge in [-0.3, -0.25) is 5.41 Å². The Morgan fingerprint density at radius 1 is 1.54 bits per heavy atom. The molecule has 2 bridgehead atoms. The van der Waals surface area contributed by atoms with Crippen LogP contribution < -0.4 is 5.73 Å². The molecule has 3 heterocycles. The molecule has 3 N–H and O–H groups in total. The number of carbonyl (C=O) groups excluding carboxylic acids is 1. The number of carbonyl (C=O) groups is 1. The molecule has 3 aliphatic rings. The number of nitrogens with two attached hydrogens (primary N) is 1. The molecule has 0 atom stereocenters. The molecule has 72 valence electrons. The number of rotatable bonds is 0. The zero-order valence-corrected chi connectivity index (χ0v) is 6.76. The number of hydrogen-bond donors (Lipinski definition) is 2. The number of hydroxylamine groups is 4. The molecule has 3 aliphatic heterocycles. The summed E-state index contributed by atoms with van der Waals surface area (Å²) in [5.41, 5.74) is 4.91. The zero-order valence-electron chi connectivity index (χ0n) is 5.87. The fraction of sp³-hybridized carbons (Fsp3) is 0. The Kier molecular flexibility index (Phi) is 1.55. The quantitative estimate of drug-likeness (QED) is 0.238. The van der Waals surface area contributed by atoms with Crippen LogP contribution in [0.1, 0.15) is 0 Å². The third kappa shape index (κ3) is 1.17. The van der Waals surface area contributed by atoms with Gasteiger partial charge in [-0.2, -0.15) is 0 Å². The molecule has 3 saturated heterocycles. The van der Waals surface area contributed by atoms with Gasteiger partial charge in [-0.05, 0) is 5.23 Å². The Morgan fingerprint density at radius 3 is 2.69 bits per heavy atom. The standard InChI is InChI=1S/C2H3N4O6P/c3-1(4)5-2(7)6-10-13(8,11-6)12-9-5/h(H3,3,4). The molecular weight excluding hydrogens is 207 g/mol. The van der Waals surface area contributed by atoms with E-state index < -0.39 is 19.8 Å². The van der Waals surface area contributed by atoms with Gasteiger partial charge in [-0.1, -0.05) is 14.7 Å². The molecule has 0 aromatic rings. The summed E-state index contributed by atoms with van der Waals surface area (Å²) in [6.45, 7) is 0. The van der Waals surface area contributed by atoms with Crippen LogP contribution in [0.4, 0.5) is 4.79 Å². The SMILES string of the molecule is N=C(N)N1OOP2(=O)ON(O2)C1=O. The van der Waals surface area contributed by atoms with Crippen molar-refractivity contribution in [3.63, 3.8) is 0 Å². The first-order chi connectivity index (χ1) is 6.02. The molecule has 0 spiro atoms. The Morgan fingerprint density at radius 2 is 2.15 bits per heavy atom. The Bertz CT molecular complexity index is 319. The lowest BCUT2D eigenvalue weighted by Gasteiger charge is -2.27. The second kappa shape index (κ2) is 2.40. The fourth-order valence-electron chi connectivity index (χ4n) is 0.608. The second-order valence-electron chi connectivity index (χ2n) is 1.98. The van der Waals surface area contributed by atoms with Crippen molar-refractivity contribution in [1.29, 1.82) is 5.41 Å². The van der Waals surface area contributed by atoms with Gasteiger partial charge >= 0.3 is 13.9 Å². The number of hydrogen-bond acceptors (Lipinski definition) is 7. The summed E-state index contributed by atoms with van der Waals surface area (Å²) in [6.07, 6.45) is 0. The molecule has 0 aliphatic carbocycles. The van der Waals surface area contributed by atoms with Gasteiger partial charge < -0.3 is 5.73 Å². The van der Waals surface area contributed by atoms with Crippen molar-refractivity contribution in [3.05, 3.63) is 0 Å². The molecule has 3 fully saturated rings. The van der Waals surface area contributed by atoms with Crippen molar-refractivity contribution >= 4 is 19.8 Å². The number of urea groups is 1. The normalized spacial score (nSPS) is 25.1. The molecule has 2 amide bonds. The molecule has 0 radical (unpaired) electrons. The van der Waals surface area contributed by atoms with Crippen LogP contribution in [0, 0.1) is 5.41 Å². The monoisotopic (exact) mass is 210 g/mol. The minimum atomic E-state index is -3.81. The summed E-state index contributed by atoms with van der Waals surface area (Å²) < 4.78 is 23.5. The van der Waals surface area contributed by atoms with Crippen molar-refractivity contribution in [2.24, 2.45) is 5.73 Å². The Labute approximate surface area is 70.6 Å². The van der Waals surface area contributed by atoms with Crippen LogP contribution in [0.3, 0.4) is 0 Å². The molecule has 0 unspecified atom stereocenters. The second-order valence-corrected chi connectivity index (χ2v) is 3.35. The molecule has 0 aromatic heterocycles. The third-order valence-corrected chi connectivity index (χ3v) is 2.04. The molecular formula is C2H3N4O6P. The molecule has 10 nitrogen and oxygen atoms in total. The van der Waals surface area contributed by atoms with Crippen LogP contribution in [-0.4, -0.2) is 22.3 Å². The fourth-order valence-corrected chi connectivity index (χ4v) is 1.33. The van der Waals surface area contributed by atoms with Gasteiger partial charge in [0.2, 0.25) is 5.96 Å². The highest BCUT2D eigenvalue weighted by molar-refractivity contribution is 7.49. The Hall–Kier alpha value is -1.19. The van der Waals surface area contributed by atoms with Crippen LogP contribution in [0.2, 0.25) is 0 Å². The van der Waals surface area contributed by atoms with E-state index in [0.717, 1.165) is 0 Å². The van der Waals surface area contributed by atoms with E-state index in [1.807, 2.05) is 0 Å². The van der Waals surface area contributed by atoms with Gasteiger partial charge in [0.25, 0.3) is 0 Å². The smallest absolute Gasteiger partial charge is 0.368 e. The number of fused-ring (bicyclic) bond motifs is 3. The van der Waals surface area contributed by atoms with E-state index in [4.69, 9.17) is 11.1 Å². The molecule has 13 heavy (non-hydrogen) atoms. The van der Waals surface area contributed by atoms with Gasteiger partial charge in [-0.25, -0.2) is 9.36 Å². The molecule has 0 saturated carbocycles. The first kappa shape index (κ1) is 8.41. The van der Waals surface area contributed by atoms with Crippen molar-refractivity contribution in [2.75, 3.05) is 0 Å². The molecule has 11 heteroatoms. The summed E-state index contributed by atoms with van der Waals surface area (Å²) in [4.78, 5) is 15.1. The van der Waals surface area contributed by atoms with Crippen LogP contribution in [-0.2, 0) is 23.5 Å². The average Bonchev–Trinajstić information content (AvgIpc) is 2.15. The topological polar surface area (TPSA) is 127 Å². The van der Waals surface area contributed by atoms with E-state index in [-0.39, 0.29) is 10.3 Å². The summed E-state index contributed by atoms with van der Waals surface area (Å²) in [6, 6.07) is -1.07. The maximum atomic E-state index is 11.0. The lowest BCUT2D eigenvalue weighted by atomic mass is 10.9. The van der Waals surface area contributed by atoms with Crippen LogP contribution in [0.15, 0.2) is 0 Å². The first-order valence-electron chi connectivity index (χ1n) is 2.86. The number of nitrogens with zero attached hydrogens (tertiary/aromatic N) is 2. The van der Waals surface area contributed by atoms with Crippen molar-refractivity contribution in [1.82, 2.24) is 10.3 Å². The van der Waals surface area contributed by atoms with Crippen LogP contribution >= 0.6 is 7.82 Å². The maximum absolute atomic E-state index is 11.0. The van der Waals surface area contributed by atoms with Gasteiger partial charge in [0.05, 0.1) is 0 Å². The predicted molar refractivity (Wildman–Crippen MR) is 32.9 cm³/mol. The molecule has 3 rings (SSSR count). The van der Waals surface area contributed by atoms with E-state index in [9.17, 15) is 9.36 Å². The highest BCUT2D eigenvalue weighted by atomic mass is 31.2. The Balaban J connectivity index is 2.22. The largest absolute Gasteiger partial charge is 0.551 e. The van der Waals surface area contributed by atoms with E-state index in [1.165, 1.54) is 0 Å². The van der Waals surface area contributed by atoms with Crippen LogP contribution in [0.25, 0.3) is 0 Å². The lowest BCUT2D eigenvalue weighted by molar-refractivity contribution is -0.344. The number of nitrogens with one attached hydrogen (secondary N) is 1. The first-order valence-corrected chi connectivity index (χ1v) is 4.32. The molecule has 0 aromatic carbocycles. The maximum Gasteiger partial charge on any atom is 0.551 e. The van der Waals surface area contributed by atoms with E-state index >= 15 is 0 Å².